The Morgan fingerprint density at radius 2 is 2.11 bits per heavy atom. The number of pyridine rings is 2. The lowest BCUT2D eigenvalue weighted by atomic mass is 10.1. The summed E-state index contributed by atoms with van der Waals surface area (Å²) < 4.78 is 2.00. The Labute approximate surface area is 116 Å². The molecule has 3 rings (SSSR count). The minimum absolute atomic E-state index is 0.560. The molecule has 0 saturated carbocycles. The number of hydrogen-bond donors (Lipinski definition) is 1. The third-order valence-corrected chi connectivity index (χ3v) is 3.36. The van der Waals surface area contributed by atoms with E-state index in [4.69, 9.17) is 11.6 Å². The average molecular weight is 273 g/mol. The van der Waals surface area contributed by atoms with Gasteiger partial charge in [-0.15, -0.1) is 0 Å². The van der Waals surface area contributed by atoms with Gasteiger partial charge in [0.2, 0.25) is 0 Å². The van der Waals surface area contributed by atoms with E-state index < -0.39 is 6.10 Å². The van der Waals surface area contributed by atoms with E-state index in [2.05, 4.69) is 4.98 Å². The number of hydrogen-bond acceptors (Lipinski definition) is 2. The van der Waals surface area contributed by atoms with E-state index in [1.54, 1.807) is 13.1 Å². The maximum atomic E-state index is 9.96. The summed E-state index contributed by atoms with van der Waals surface area (Å²) in [5, 5.41) is 10.6. The minimum atomic E-state index is -0.560. The number of nitrogens with zero attached hydrogens (tertiary/aromatic N) is 2. The lowest BCUT2D eigenvalue weighted by molar-refractivity contribution is 0.200. The van der Waals surface area contributed by atoms with Crippen LogP contribution in [0, 0.1) is 0 Å². The van der Waals surface area contributed by atoms with Crippen molar-refractivity contribution in [1.82, 2.24) is 9.38 Å². The zero-order valence-electron chi connectivity index (χ0n) is 10.4. The van der Waals surface area contributed by atoms with E-state index in [0.29, 0.717) is 5.02 Å². The van der Waals surface area contributed by atoms with Crippen molar-refractivity contribution in [1.29, 1.82) is 0 Å². The van der Waals surface area contributed by atoms with Crippen molar-refractivity contribution in [3.63, 3.8) is 0 Å². The number of halogens is 1. The van der Waals surface area contributed by atoms with Crippen LogP contribution < -0.4 is 0 Å². The highest BCUT2D eigenvalue weighted by atomic mass is 35.5. The van der Waals surface area contributed by atoms with Gasteiger partial charge in [0.05, 0.1) is 17.5 Å². The van der Waals surface area contributed by atoms with Crippen molar-refractivity contribution in [3.05, 3.63) is 59.4 Å². The summed E-state index contributed by atoms with van der Waals surface area (Å²) in [5.41, 5.74) is 3.54. The van der Waals surface area contributed by atoms with Crippen molar-refractivity contribution in [2.24, 2.45) is 0 Å². The summed E-state index contributed by atoms with van der Waals surface area (Å²) in [6, 6.07) is 11.4. The Kier molecular flexibility index (Phi) is 3.01. The summed E-state index contributed by atoms with van der Waals surface area (Å²) in [6.45, 7) is 1.75. The highest BCUT2D eigenvalue weighted by molar-refractivity contribution is 6.30. The second-order valence-electron chi connectivity index (χ2n) is 4.48. The van der Waals surface area contributed by atoms with Crippen LogP contribution in [0.3, 0.4) is 0 Å². The van der Waals surface area contributed by atoms with Crippen LogP contribution in [-0.2, 0) is 0 Å². The van der Waals surface area contributed by atoms with Gasteiger partial charge in [0.25, 0.3) is 0 Å². The molecule has 19 heavy (non-hydrogen) atoms. The van der Waals surface area contributed by atoms with Crippen LogP contribution in [0.4, 0.5) is 0 Å². The van der Waals surface area contributed by atoms with Gasteiger partial charge in [-0.05, 0) is 37.3 Å². The van der Waals surface area contributed by atoms with Crippen molar-refractivity contribution in [2.45, 2.75) is 13.0 Å². The Morgan fingerprint density at radius 1 is 1.26 bits per heavy atom. The predicted octanol–water partition coefficient (Wildman–Crippen LogP) is 3.71. The van der Waals surface area contributed by atoms with E-state index in [1.807, 2.05) is 47.0 Å². The molecule has 0 aliphatic carbocycles. The topological polar surface area (TPSA) is 37.5 Å². The molecule has 3 aromatic rings. The van der Waals surface area contributed by atoms with Crippen LogP contribution in [0.5, 0.6) is 0 Å². The predicted molar refractivity (Wildman–Crippen MR) is 76.3 cm³/mol. The number of aliphatic hydroxyl groups excluding tert-OH is 1. The Balaban J connectivity index is 2.35. The fourth-order valence-corrected chi connectivity index (χ4v) is 2.43. The van der Waals surface area contributed by atoms with Gasteiger partial charge in [-0.25, -0.2) is 0 Å². The molecule has 96 valence electrons. The molecule has 0 amide bonds. The van der Waals surface area contributed by atoms with E-state index >= 15 is 0 Å². The Bertz CT molecular complexity index is 720. The fraction of sp³-hybridized carbons (Fsp3) is 0.133. The highest BCUT2D eigenvalue weighted by Crippen LogP contribution is 2.31. The van der Waals surface area contributed by atoms with Crippen molar-refractivity contribution < 1.29 is 5.11 Å². The molecule has 0 radical (unpaired) electrons. The summed E-state index contributed by atoms with van der Waals surface area (Å²) in [7, 11) is 0. The molecule has 3 aromatic heterocycles. The van der Waals surface area contributed by atoms with E-state index in [0.717, 1.165) is 22.5 Å². The summed E-state index contributed by atoms with van der Waals surface area (Å²) in [5.74, 6) is 0. The van der Waals surface area contributed by atoms with Gasteiger partial charge in [-0.3, -0.25) is 4.98 Å². The van der Waals surface area contributed by atoms with E-state index in [-0.39, 0.29) is 0 Å². The van der Waals surface area contributed by atoms with Crippen molar-refractivity contribution in [2.75, 3.05) is 0 Å². The highest BCUT2D eigenvalue weighted by Gasteiger charge is 2.16. The molecule has 1 atom stereocenters. The molecule has 0 spiro atoms. The van der Waals surface area contributed by atoms with Gasteiger partial charge >= 0.3 is 0 Å². The molecule has 3 heterocycles. The first-order valence-corrected chi connectivity index (χ1v) is 6.44. The number of aliphatic hydroxyl groups is 1. The molecular formula is C15H13ClN2O. The van der Waals surface area contributed by atoms with Crippen molar-refractivity contribution >= 4 is 17.1 Å². The molecule has 4 heteroatoms. The molecular weight excluding hydrogens is 260 g/mol. The van der Waals surface area contributed by atoms with E-state index in [1.165, 1.54) is 0 Å². The number of aromatic nitrogens is 2. The SMILES string of the molecule is CC(O)c1cc2cc(Cl)ccn2c1-c1ccccn1. The second-order valence-corrected chi connectivity index (χ2v) is 4.92. The lowest BCUT2D eigenvalue weighted by Crippen LogP contribution is -1.96. The third kappa shape index (κ3) is 2.11. The van der Waals surface area contributed by atoms with Crippen LogP contribution in [0.25, 0.3) is 16.9 Å². The van der Waals surface area contributed by atoms with Gasteiger partial charge in [-0.2, -0.15) is 0 Å². The van der Waals surface area contributed by atoms with Crippen LogP contribution in [0.2, 0.25) is 5.02 Å². The molecule has 0 saturated heterocycles. The van der Waals surface area contributed by atoms with Crippen LogP contribution in [-0.4, -0.2) is 14.5 Å². The average Bonchev–Trinajstić information content (AvgIpc) is 2.78. The Morgan fingerprint density at radius 3 is 2.79 bits per heavy atom. The second kappa shape index (κ2) is 4.68. The first-order chi connectivity index (χ1) is 9.16. The Hall–Kier alpha value is -1.84. The van der Waals surface area contributed by atoms with Gasteiger partial charge in [0, 0.05) is 28.5 Å². The summed E-state index contributed by atoms with van der Waals surface area (Å²) >= 11 is 6.01. The molecule has 1 N–H and O–H groups in total. The van der Waals surface area contributed by atoms with Crippen LogP contribution in [0.15, 0.2) is 48.8 Å². The molecule has 0 fully saturated rings. The summed E-state index contributed by atoms with van der Waals surface area (Å²) in [4.78, 5) is 4.37. The quantitative estimate of drug-likeness (QED) is 0.772. The summed E-state index contributed by atoms with van der Waals surface area (Å²) in [6.07, 6.45) is 3.08. The molecule has 0 bridgehead atoms. The fourth-order valence-electron chi connectivity index (χ4n) is 2.26. The monoisotopic (exact) mass is 272 g/mol. The minimum Gasteiger partial charge on any atom is -0.389 e. The molecule has 3 nitrogen and oxygen atoms in total. The first kappa shape index (κ1) is 12.2. The maximum Gasteiger partial charge on any atom is 0.0873 e. The lowest BCUT2D eigenvalue weighted by Gasteiger charge is -2.08. The number of rotatable bonds is 2. The van der Waals surface area contributed by atoms with Gasteiger partial charge in [-0.1, -0.05) is 17.7 Å². The molecule has 0 aromatic carbocycles. The smallest absolute Gasteiger partial charge is 0.0873 e. The zero-order chi connectivity index (χ0) is 13.4. The third-order valence-electron chi connectivity index (χ3n) is 3.12. The van der Waals surface area contributed by atoms with Crippen molar-refractivity contribution in [3.8, 4) is 11.4 Å². The maximum absolute atomic E-state index is 9.96. The van der Waals surface area contributed by atoms with E-state index in [9.17, 15) is 5.11 Å². The van der Waals surface area contributed by atoms with Crippen LogP contribution in [0.1, 0.15) is 18.6 Å². The normalized spacial score (nSPS) is 12.8. The first-order valence-electron chi connectivity index (χ1n) is 6.07. The van der Waals surface area contributed by atoms with Gasteiger partial charge in [0.15, 0.2) is 0 Å². The van der Waals surface area contributed by atoms with Gasteiger partial charge < -0.3 is 9.51 Å². The number of fused-ring (bicyclic) bond motifs is 1. The molecule has 1 unspecified atom stereocenters. The van der Waals surface area contributed by atoms with Crippen LogP contribution >= 0.6 is 11.6 Å². The molecule has 0 aliphatic heterocycles. The van der Waals surface area contributed by atoms with Gasteiger partial charge in [0.1, 0.15) is 0 Å². The largest absolute Gasteiger partial charge is 0.389 e. The molecule has 0 aliphatic rings. The standard InChI is InChI=1S/C15H13ClN2O/c1-10(19)13-9-12-8-11(16)5-7-18(12)15(13)14-4-2-3-6-17-14/h2-10,19H,1H3. The zero-order valence-corrected chi connectivity index (χ0v) is 11.2.